The van der Waals surface area contributed by atoms with E-state index in [1.807, 2.05) is 0 Å². The van der Waals surface area contributed by atoms with E-state index in [1.54, 1.807) is 18.4 Å². The van der Waals surface area contributed by atoms with Crippen molar-refractivity contribution in [1.29, 1.82) is 0 Å². The second kappa shape index (κ2) is 6.71. The Labute approximate surface area is 109 Å². The first kappa shape index (κ1) is 14.1. The van der Waals surface area contributed by atoms with Gasteiger partial charge in [0, 0.05) is 18.4 Å². The van der Waals surface area contributed by atoms with E-state index >= 15 is 0 Å². The average molecular weight is 307 g/mol. The fourth-order valence-corrected chi connectivity index (χ4v) is 3.39. The molecule has 0 amide bonds. The maximum absolute atomic E-state index is 5.60. The van der Waals surface area contributed by atoms with Crippen LogP contribution in [0.5, 0.6) is 0 Å². The molecule has 0 fully saturated rings. The minimum Gasteiger partial charge on any atom is -0.380 e. The van der Waals surface area contributed by atoms with Gasteiger partial charge in [0.2, 0.25) is 0 Å². The number of thiophene rings is 1. The van der Waals surface area contributed by atoms with Crippen molar-refractivity contribution < 1.29 is 4.74 Å². The minimum absolute atomic E-state index is 0.130. The molecule has 0 saturated heterocycles. The normalized spacial score (nSPS) is 15.4. The largest absolute Gasteiger partial charge is 0.380 e. The summed E-state index contributed by atoms with van der Waals surface area (Å²) in [5.74, 6) is 6.04. The van der Waals surface area contributed by atoms with Crippen molar-refractivity contribution in [2.75, 3.05) is 7.11 Å². The van der Waals surface area contributed by atoms with E-state index in [2.05, 4.69) is 47.3 Å². The lowest BCUT2D eigenvalue weighted by atomic mass is 9.97. The van der Waals surface area contributed by atoms with Crippen LogP contribution in [0.25, 0.3) is 0 Å². The van der Waals surface area contributed by atoms with Crippen LogP contribution in [0.4, 0.5) is 0 Å². The highest BCUT2D eigenvalue weighted by Gasteiger charge is 2.24. The fourth-order valence-electron chi connectivity index (χ4n) is 1.85. The van der Waals surface area contributed by atoms with Gasteiger partial charge < -0.3 is 4.74 Å². The van der Waals surface area contributed by atoms with Crippen molar-refractivity contribution in [3.05, 3.63) is 20.8 Å². The highest BCUT2D eigenvalue weighted by molar-refractivity contribution is 9.11. The standard InChI is InChI=1S/C11H19BrN2OS/c1-7(2)11(15-3)9(14-13)6-8-4-5-10(12)16-8/h4-5,7,9,11,14H,6,13H2,1-3H3. The van der Waals surface area contributed by atoms with Gasteiger partial charge >= 0.3 is 0 Å². The zero-order valence-corrected chi connectivity index (χ0v) is 12.3. The van der Waals surface area contributed by atoms with Crippen LogP contribution < -0.4 is 11.3 Å². The quantitative estimate of drug-likeness (QED) is 0.627. The van der Waals surface area contributed by atoms with Crippen molar-refractivity contribution in [1.82, 2.24) is 5.43 Å². The van der Waals surface area contributed by atoms with Gasteiger partial charge in [0.25, 0.3) is 0 Å². The van der Waals surface area contributed by atoms with Gasteiger partial charge in [0.05, 0.1) is 15.9 Å². The van der Waals surface area contributed by atoms with Crippen LogP contribution in [-0.4, -0.2) is 19.3 Å². The summed E-state index contributed by atoms with van der Waals surface area (Å²) in [6.45, 7) is 4.28. The molecule has 2 atom stereocenters. The Bertz CT molecular complexity index is 317. The first-order valence-corrected chi connectivity index (χ1v) is 6.92. The highest BCUT2D eigenvalue weighted by Crippen LogP contribution is 2.24. The van der Waals surface area contributed by atoms with Gasteiger partial charge in [-0.25, -0.2) is 0 Å². The number of nitrogens with two attached hydrogens (primary N) is 1. The summed E-state index contributed by atoms with van der Waals surface area (Å²) >= 11 is 5.20. The Hall–Kier alpha value is 0.0600. The van der Waals surface area contributed by atoms with Crippen molar-refractivity contribution in [2.24, 2.45) is 11.8 Å². The molecule has 0 saturated carbocycles. The van der Waals surface area contributed by atoms with E-state index in [1.165, 1.54) is 4.88 Å². The van der Waals surface area contributed by atoms with Crippen LogP contribution in [0.2, 0.25) is 0 Å². The van der Waals surface area contributed by atoms with Gasteiger partial charge in [0.15, 0.2) is 0 Å². The lowest BCUT2D eigenvalue weighted by Gasteiger charge is -2.28. The number of nitrogens with one attached hydrogen (secondary N) is 1. The van der Waals surface area contributed by atoms with Crippen LogP contribution in [-0.2, 0) is 11.2 Å². The first-order valence-electron chi connectivity index (χ1n) is 5.31. The lowest BCUT2D eigenvalue weighted by molar-refractivity contribution is 0.0334. The molecule has 0 aliphatic heterocycles. The average Bonchev–Trinajstić information content (AvgIpc) is 2.63. The molecule has 3 nitrogen and oxygen atoms in total. The molecule has 0 aromatic carbocycles. The molecule has 3 N–H and O–H groups in total. The predicted octanol–water partition coefficient (Wildman–Crippen LogP) is 2.56. The highest BCUT2D eigenvalue weighted by atomic mass is 79.9. The molecule has 1 aromatic rings. The number of halogens is 1. The van der Waals surface area contributed by atoms with E-state index in [4.69, 9.17) is 10.6 Å². The van der Waals surface area contributed by atoms with Gasteiger partial charge in [0.1, 0.15) is 0 Å². The Morgan fingerprint density at radius 2 is 2.19 bits per heavy atom. The maximum atomic E-state index is 5.60. The maximum Gasteiger partial charge on any atom is 0.0764 e. The third-order valence-corrected chi connectivity index (χ3v) is 4.24. The Kier molecular flexibility index (Phi) is 5.92. The number of hydrogen-bond donors (Lipinski definition) is 2. The Balaban J connectivity index is 2.67. The molecule has 0 radical (unpaired) electrons. The fraction of sp³-hybridized carbons (Fsp3) is 0.636. The second-order valence-corrected chi connectivity index (χ2v) is 6.68. The molecule has 0 spiro atoms. The number of rotatable bonds is 6. The Morgan fingerprint density at radius 3 is 2.56 bits per heavy atom. The zero-order chi connectivity index (χ0) is 12.1. The molecule has 0 aliphatic rings. The van der Waals surface area contributed by atoms with Gasteiger partial charge in [-0.3, -0.25) is 11.3 Å². The van der Waals surface area contributed by atoms with E-state index < -0.39 is 0 Å². The number of methoxy groups -OCH3 is 1. The van der Waals surface area contributed by atoms with E-state index in [0.717, 1.165) is 10.2 Å². The molecule has 16 heavy (non-hydrogen) atoms. The first-order chi connectivity index (χ1) is 7.58. The van der Waals surface area contributed by atoms with Gasteiger partial charge in [-0.1, -0.05) is 13.8 Å². The predicted molar refractivity (Wildman–Crippen MR) is 72.5 cm³/mol. The summed E-state index contributed by atoms with van der Waals surface area (Å²) < 4.78 is 6.64. The topological polar surface area (TPSA) is 47.3 Å². The number of hydrazine groups is 1. The van der Waals surface area contributed by atoms with Gasteiger partial charge in [-0.2, -0.15) is 0 Å². The van der Waals surface area contributed by atoms with Crippen LogP contribution in [0.15, 0.2) is 15.9 Å². The van der Waals surface area contributed by atoms with Gasteiger partial charge in [-0.05, 0) is 34.0 Å². The van der Waals surface area contributed by atoms with Crippen LogP contribution in [0, 0.1) is 5.92 Å². The summed E-state index contributed by atoms with van der Waals surface area (Å²) in [6, 6.07) is 4.33. The van der Waals surface area contributed by atoms with Crippen molar-refractivity contribution in [3.8, 4) is 0 Å². The van der Waals surface area contributed by atoms with Gasteiger partial charge in [-0.15, -0.1) is 11.3 Å². The van der Waals surface area contributed by atoms with E-state index in [9.17, 15) is 0 Å². The van der Waals surface area contributed by atoms with Crippen molar-refractivity contribution in [3.63, 3.8) is 0 Å². The number of ether oxygens (including phenoxy) is 1. The summed E-state index contributed by atoms with van der Waals surface area (Å²) in [5.41, 5.74) is 2.86. The number of hydrogen-bond acceptors (Lipinski definition) is 4. The molecule has 5 heteroatoms. The zero-order valence-electron chi connectivity index (χ0n) is 9.87. The molecule has 1 aromatic heterocycles. The van der Waals surface area contributed by atoms with E-state index in [0.29, 0.717) is 5.92 Å². The van der Waals surface area contributed by atoms with Crippen LogP contribution >= 0.6 is 27.3 Å². The summed E-state index contributed by atoms with van der Waals surface area (Å²) in [7, 11) is 1.74. The summed E-state index contributed by atoms with van der Waals surface area (Å²) in [4.78, 5) is 1.30. The van der Waals surface area contributed by atoms with Crippen LogP contribution in [0.1, 0.15) is 18.7 Å². The molecule has 2 unspecified atom stereocenters. The second-order valence-electron chi connectivity index (χ2n) is 4.13. The smallest absolute Gasteiger partial charge is 0.0764 e. The van der Waals surface area contributed by atoms with Crippen molar-refractivity contribution in [2.45, 2.75) is 32.4 Å². The summed E-state index contributed by atoms with van der Waals surface area (Å²) in [5, 5.41) is 0. The molecule has 0 aliphatic carbocycles. The van der Waals surface area contributed by atoms with Crippen LogP contribution in [0.3, 0.4) is 0 Å². The minimum atomic E-state index is 0.130. The third kappa shape index (κ3) is 3.82. The molecule has 1 rings (SSSR count). The summed E-state index contributed by atoms with van der Waals surface area (Å²) in [6.07, 6.45) is 1.02. The SMILES string of the molecule is COC(C(C)C)C(Cc1ccc(Br)s1)NN. The lowest BCUT2D eigenvalue weighted by Crippen LogP contribution is -2.48. The molecule has 92 valence electrons. The molecular weight excluding hydrogens is 288 g/mol. The van der Waals surface area contributed by atoms with E-state index in [-0.39, 0.29) is 12.1 Å². The molecule has 1 heterocycles. The monoisotopic (exact) mass is 306 g/mol. The Morgan fingerprint density at radius 1 is 1.50 bits per heavy atom. The molecule has 0 bridgehead atoms. The van der Waals surface area contributed by atoms with Crippen molar-refractivity contribution >= 4 is 27.3 Å². The molecular formula is C11H19BrN2OS. The third-order valence-electron chi connectivity index (χ3n) is 2.59.